The summed E-state index contributed by atoms with van der Waals surface area (Å²) >= 11 is 1.78. The second-order valence-corrected chi connectivity index (χ2v) is 9.33. The summed E-state index contributed by atoms with van der Waals surface area (Å²) in [5.41, 5.74) is 1.36. The summed E-state index contributed by atoms with van der Waals surface area (Å²) in [5.74, 6) is 0.738. The minimum atomic E-state index is -2.77. The first-order valence-corrected chi connectivity index (χ1v) is 10.9. The molecule has 1 atom stereocenters. The topological polar surface area (TPSA) is 40.6 Å². The summed E-state index contributed by atoms with van der Waals surface area (Å²) in [6.45, 7) is 5.02. The van der Waals surface area contributed by atoms with Crippen LogP contribution in [0.5, 0.6) is 0 Å². The Hall–Kier alpha value is -0.560. The predicted molar refractivity (Wildman–Crippen MR) is 92.1 cm³/mol. The third-order valence-corrected chi connectivity index (χ3v) is 7.15. The fourth-order valence-electron chi connectivity index (χ4n) is 3.38. The van der Waals surface area contributed by atoms with Crippen molar-refractivity contribution in [3.8, 4) is 0 Å². The Morgan fingerprint density at radius 1 is 1.23 bits per heavy atom. The van der Waals surface area contributed by atoms with Gasteiger partial charge in [-0.15, -0.1) is 11.8 Å². The van der Waals surface area contributed by atoms with Crippen LogP contribution < -0.4 is 0 Å². The monoisotopic (exact) mass is 340 g/mol. The van der Waals surface area contributed by atoms with Gasteiger partial charge in [-0.1, -0.05) is 12.1 Å². The molecule has 2 fully saturated rings. The molecule has 4 nitrogen and oxygen atoms in total. The van der Waals surface area contributed by atoms with Gasteiger partial charge in [0, 0.05) is 43.7 Å². The van der Waals surface area contributed by atoms with Crippen molar-refractivity contribution in [2.75, 3.05) is 43.9 Å². The van der Waals surface area contributed by atoms with Crippen LogP contribution in [0.1, 0.15) is 12.0 Å². The van der Waals surface area contributed by atoms with Crippen molar-refractivity contribution in [3.63, 3.8) is 0 Å². The van der Waals surface area contributed by atoms with Crippen molar-refractivity contribution in [3.05, 3.63) is 29.8 Å². The van der Waals surface area contributed by atoms with E-state index in [1.165, 1.54) is 10.5 Å². The van der Waals surface area contributed by atoms with E-state index in [2.05, 4.69) is 40.3 Å². The van der Waals surface area contributed by atoms with Gasteiger partial charge in [-0.25, -0.2) is 8.42 Å². The van der Waals surface area contributed by atoms with E-state index in [-0.39, 0.29) is 6.04 Å². The molecule has 3 rings (SSSR count). The molecule has 22 heavy (non-hydrogen) atoms. The van der Waals surface area contributed by atoms with E-state index >= 15 is 0 Å². The van der Waals surface area contributed by atoms with Gasteiger partial charge in [-0.05, 0) is 30.4 Å². The van der Waals surface area contributed by atoms with Crippen molar-refractivity contribution in [2.45, 2.75) is 23.9 Å². The Labute approximate surface area is 137 Å². The highest BCUT2D eigenvalue weighted by Crippen LogP contribution is 2.21. The van der Waals surface area contributed by atoms with E-state index in [4.69, 9.17) is 0 Å². The molecule has 0 bridgehead atoms. The first-order valence-electron chi connectivity index (χ1n) is 7.85. The van der Waals surface area contributed by atoms with Gasteiger partial charge in [-0.2, -0.15) is 0 Å². The molecule has 0 N–H and O–H groups in total. The van der Waals surface area contributed by atoms with Crippen molar-refractivity contribution < 1.29 is 8.42 Å². The van der Waals surface area contributed by atoms with Crippen LogP contribution in [0.3, 0.4) is 0 Å². The smallest absolute Gasteiger partial charge is 0.151 e. The minimum Gasteiger partial charge on any atom is -0.297 e. The molecule has 0 saturated carbocycles. The van der Waals surface area contributed by atoms with Crippen LogP contribution in [0, 0.1) is 0 Å². The second kappa shape index (κ2) is 6.91. The highest BCUT2D eigenvalue weighted by Gasteiger charge is 2.33. The summed E-state index contributed by atoms with van der Waals surface area (Å²) in [6.07, 6.45) is 2.92. The van der Waals surface area contributed by atoms with Crippen LogP contribution in [-0.2, 0) is 16.4 Å². The maximum atomic E-state index is 11.6. The van der Waals surface area contributed by atoms with Crippen molar-refractivity contribution in [1.29, 1.82) is 0 Å². The van der Waals surface area contributed by atoms with Gasteiger partial charge in [0.2, 0.25) is 0 Å². The quantitative estimate of drug-likeness (QED) is 0.781. The lowest BCUT2D eigenvalue weighted by molar-refractivity contribution is 0.100. The van der Waals surface area contributed by atoms with E-state index in [0.717, 1.165) is 39.1 Å². The molecule has 0 aromatic heterocycles. The normalized spacial score (nSPS) is 26.3. The molecule has 2 heterocycles. The molecule has 0 radical (unpaired) electrons. The van der Waals surface area contributed by atoms with Crippen LogP contribution in [0.4, 0.5) is 0 Å². The largest absolute Gasteiger partial charge is 0.297 e. The van der Waals surface area contributed by atoms with Gasteiger partial charge in [0.25, 0.3) is 0 Å². The van der Waals surface area contributed by atoms with Crippen LogP contribution in [-0.4, -0.2) is 68.2 Å². The van der Waals surface area contributed by atoms with Crippen LogP contribution in [0.25, 0.3) is 0 Å². The number of rotatable bonds is 4. The standard InChI is InChI=1S/C16H24N2O2S2/c1-21-16-4-2-3-14(11-16)12-17-6-8-18(9-7-17)15-5-10-22(19,20)13-15/h2-4,11,15H,5-10,12-13H2,1H3. The molecule has 0 spiro atoms. The predicted octanol–water partition coefficient (Wildman–Crippen LogP) is 1.71. The summed E-state index contributed by atoms with van der Waals surface area (Å²) in [6, 6.07) is 8.98. The Balaban J connectivity index is 1.51. The third-order valence-electron chi connectivity index (χ3n) is 4.67. The molecule has 0 aliphatic carbocycles. The van der Waals surface area contributed by atoms with Gasteiger partial charge in [0.05, 0.1) is 11.5 Å². The van der Waals surface area contributed by atoms with Crippen molar-refractivity contribution in [2.24, 2.45) is 0 Å². The average Bonchev–Trinajstić information content (AvgIpc) is 2.88. The Morgan fingerprint density at radius 2 is 2.00 bits per heavy atom. The molecule has 0 amide bonds. The molecule has 6 heteroatoms. The fraction of sp³-hybridized carbons (Fsp3) is 0.625. The Morgan fingerprint density at radius 3 is 2.64 bits per heavy atom. The van der Waals surface area contributed by atoms with Crippen LogP contribution >= 0.6 is 11.8 Å². The molecule has 1 aromatic rings. The number of piperazine rings is 1. The van der Waals surface area contributed by atoms with Gasteiger partial charge in [0.1, 0.15) is 0 Å². The number of sulfone groups is 1. The Bertz CT molecular complexity index is 610. The number of thioether (sulfide) groups is 1. The van der Waals surface area contributed by atoms with Crippen LogP contribution in [0.2, 0.25) is 0 Å². The molecule has 1 aromatic carbocycles. The second-order valence-electron chi connectivity index (χ2n) is 6.22. The van der Waals surface area contributed by atoms with Crippen LogP contribution in [0.15, 0.2) is 29.2 Å². The number of benzene rings is 1. The van der Waals surface area contributed by atoms with E-state index in [1.807, 2.05) is 0 Å². The lowest BCUT2D eigenvalue weighted by Crippen LogP contribution is -2.50. The third kappa shape index (κ3) is 4.04. The SMILES string of the molecule is CSc1cccc(CN2CCN(C3CCS(=O)(=O)C3)CC2)c1. The van der Waals surface area contributed by atoms with Crippen molar-refractivity contribution >= 4 is 21.6 Å². The lowest BCUT2D eigenvalue weighted by Gasteiger charge is -2.37. The highest BCUT2D eigenvalue weighted by molar-refractivity contribution is 7.98. The molecule has 122 valence electrons. The summed E-state index contributed by atoms with van der Waals surface area (Å²) in [5, 5.41) is 0. The Kier molecular flexibility index (Phi) is 5.12. The zero-order valence-electron chi connectivity index (χ0n) is 13.1. The van der Waals surface area contributed by atoms with E-state index in [1.54, 1.807) is 11.8 Å². The minimum absolute atomic E-state index is 0.256. The number of nitrogens with zero attached hydrogens (tertiary/aromatic N) is 2. The summed E-state index contributed by atoms with van der Waals surface area (Å²) < 4.78 is 23.2. The first-order chi connectivity index (χ1) is 10.6. The lowest BCUT2D eigenvalue weighted by atomic mass is 10.1. The maximum Gasteiger partial charge on any atom is 0.151 e. The summed E-state index contributed by atoms with van der Waals surface area (Å²) in [4.78, 5) is 6.16. The average molecular weight is 341 g/mol. The van der Waals surface area contributed by atoms with Gasteiger partial charge < -0.3 is 0 Å². The zero-order chi connectivity index (χ0) is 15.6. The summed E-state index contributed by atoms with van der Waals surface area (Å²) in [7, 11) is -2.77. The van der Waals surface area contributed by atoms with Gasteiger partial charge in [0.15, 0.2) is 9.84 Å². The maximum absolute atomic E-state index is 11.6. The number of hydrogen-bond acceptors (Lipinski definition) is 5. The first kappa shape index (κ1) is 16.3. The van der Waals surface area contributed by atoms with E-state index in [9.17, 15) is 8.42 Å². The fourth-order valence-corrected chi connectivity index (χ4v) is 5.62. The van der Waals surface area contributed by atoms with Gasteiger partial charge in [-0.3, -0.25) is 9.80 Å². The molecule has 2 aliphatic rings. The van der Waals surface area contributed by atoms with Crippen molar-refractivity contribution in [1.82, 2.24) is 9.80 Å². The zero-order valence-corrected chi connectivity index (χ0v) is 14.7. The molecule has 1 unspecified atom stereocenters. The molecular formula is C16H24N2O2S2. The number of hydrogen-bond donors (Lipinski definition) is 0. The molecule has 2 saturated heterocycles. The molecular weight excluding hydrogens is 316 g/mol. The molecule has 2 aliphatic heterocycles. The van der Waals surface area contributed by atoms with E-state index < -0.39 is 9.84 Å². The van der Waals surface area contributed by atoms with Gasteiger partial charge >= 0.3 is 0 Å². The van der Waals surface area contributed by atoms with E-state index in [0.29, 0.717) is 11.5 Å². The highest BCUT2D eigenvalue weighted by atomic mass is 32.2.